The number of rotatable bonds is 4. The fourth-order valence-corrected chi connectivity index (χ4v) is 2.54. The lowest BCUT2D eigenvalue weighted by Crippen LogP contribution is -2.13. The van der Waals surface area contributed by atoms with Gasteiger partial charge in [-0.15, -0.1) is 5.10 Å². The van der Waals surface area contributed by atoms with Crippen molar-refractivity contribution in [2.75, 3.05) is 5.32 Å². The van der Waals surface area contributed by atoms with Gasteiger partial charge in [0.2, 0.25) is 0 Å². The first-order valence-electron chi connectivity index (χ1n) is 7.29. The van der Waals surface area contributed by atoms with Crippen LogP contribution in [-0.4, -0.2) is 10.2 Å². The quantitative estimate of drug-likeness (QED) is 0.899. The minimum absolute atomic E-state index is 0. The zero-order valence-electron chi connectivity index (χ0n) is 13.3. The first-order valence-corrected chi connectivity index (χ1v) is 7.29. The van der Waals surface area contributed by atoms with Crippen LogP contribution in [0.2, 0.25) is 0 Å². The molecule has 4 heteroatoms. The Morgan fingerprint density at radius 3 is 2.52 bits per heavy atom. The van der Waals surface area contributed by atoms with E-state index in [-0.39, 0.29) is 13.3 Å². The molecule has 0 aliphatic carbocycles. The maximum absolute atomic E-state index is 13.2. The molecule has 0 spiro atoms. The third kappa shape index (κ3) is 3.20. The van der Waals surface area contributed by atoms with Gasteiger partial charge in [-0.25, -0.2) is 4.39 Å². The zero-order valence-corrected chi connectivity index (χ0v) is 13.3. The molecular weight excluding hydrogens is 265 g/mol. The number of hydrogen-bond acceptors (Lipinski definition) is 3. The summed E-state index contributed by atoms with van der Waals surface area (Å²) in [5.74, 6) is 0.587. The highest BCUT2D eigenvalue weighted by molar-refractivity contribution is 5.49. The first kappa shape index (κ1) is 15.4. The first-order chi connectivity index (χ1) is 9.93. The molecule has 0 bridgehead atoms. The van der Waals surface area contributed by atoms with Gasteiger partial charge >= 0.3 is 0 Å². The molecule has 0 amide bonds. The zero-order chi connectivity index (χ0) is 15.6. The average molecular weight is 289 g/mol. The predicted molar refractivity (Wildman–Crippen MR) is 86.2 cm³/mol. The summed E-state index contributed by atoms with van der Waals surface area (Å²) < 4.78 is 13.2. The summed E-state index contributed by atoms with van der Waals surface area (Å²) in [6.45, 7) is 10.2. The van der Waals surface area contributed by atoms with E-state index in [0.717, 1.165) is 34.6 Å². The lowest BCUT2D eigenvalue weighted by atomic mass is 10.0. The minimum Gasteiger partial charge on any atom is -0.362 e. The molecule has 0 unspecified atom stereocenters. The topological polar surface area (TPSA) is 37.8 Å². The Morgan fingerprint density at radius 2 is 1.90 bits per heavy atom. The van der Waals surface area contributed by atoms with Crippen LogP contribution in [0.15, 0.2) is 18.2 Å². The smallest absolute Gasteiger partial charge is 0.152 e. The average Bonchev–Trinajstić information content (AvgIpc) is 2.44. The van der Waals surface area contributed by atoms with Crippen LogP contribution in [0.4, 0.5) is 10.2 Å². The van der Waals surface area contributed by atoms with Gasteiger partial charge < -0.3 is 5.32 Å². The molecule has 0 aliphatic rings. The van der Waals surface area contributed by atoms with Crippen molar-refractivity contribution >= 4 is 5.82 Å². The van der Waals surface area contributed by atoms with Crippen LogP contribution >= 0.6 is 0 Å². The maximum atomic E-state index is 13.2. The van der Waals surface area contributed by atoms with Gasteiger partial charge in [0.1, 0.15) is 5.82 Å². The van der Waals surface area contributed by atoms with Gasteiger partial charge in [0.15, 0.2) is 5.82 Å². The predicted octanol–water partition coefficient (Wildman–Crippen LogP) is 4.52. The molecule has 21 heavy (non-hydrogen) atoms. The number of aromatic nitrogens is 2. The lowest BCUT2D eigenvalue weighted by molar-refractivity contribution is 0.624. The molecule has 0 fully saturated rings. The summed E-state index contributed by atoms with van der Waals surface area (Å²) in [5, 5.41) is 11.9. The van der Waals surface area contributed by atoms with Crippen molar-refractivity contribution < 1.29 is 5.82 Å². The third-order valence-electron chi connectivity index (χ3n) is 4.01. The SMILES string of the molecule is CCc1nnc(N[C@@H](C)c2ccc(F)cc2C)c(C)c1C.[HH]. The second kappa shape index (κ2) is 6.20. The van der Waals surface area contributed by atoms with Crippen molar-refractivity contribution in [2.45, 2.75) is 47.1 Å². The Hall–Kier alpha value is -1.97. The van der Waals surface area contributed by atoms with Crippen molar-refractivity contribution in [3.8, 4) is 0 Å². The van der Waals surface area contributed by atoms with E-state index in [1.54, 1.807) is 6.07 Å². The number of nitrogens with one attached hydrogen (secondary N) is 1. The molecule has 1 N–H and O–H groups in total. The van der Waals surface area contributed by atoms with Gasteiger partial charge in [-0.3, -0.25) is 0 Å². The maximum Gasteiger partial charge on any atom is 0.152 e. The molecule has 3 nitrogen and oxygen atoms in total. The number of nitrogens with zero attached hydrogens (tertiary/aromatic N) is 2. The van der Waals surface area contributed by atoms with Crippen LogP contribution in [0, 0.1) is 26.6 Å². The standard InChI is InChI=1S/C17H22FN3.H2/c1-6-16-11(3)12(4)17(21-20-16)19-13(5)15-8-7-14(18)9-10(15)2;/h7-9,13H,6H2,1-5H3,(H,19,21);1H/t13-;/m0./s1. The summed E-state index contributed by atoms with van der Waals surface area (Å²) in [6.07, 6.45) is 0.882. The van der Waals surface area contributed by atoms with Crippen LogP contribution in [0.5, 0.6) is 0 Å². The minimum atomic E-state index is -0.206. The molecule has 0 radical (unpaired) electrons. The number of aryl methyl sites for hydroxylation is 2. The van der Waals surface area contributed by atoms with E-state index >= 15 is 0 Å². The van der Waals surface area contributed by atoms with Gasteiger partial charge in [0.05, 0.1) is 11.7 Å². The Labute approximate surface area is 127 Å². The Kier molecular flexibility index (Phi) is 4.56. The van der Waals surface area contributed by atoms with Crippen LogP contribution in [0.25, 0.3) is 0 Å². The summed E-state index contributed by atoms with van der Waals surface area (Å²) >= 11 is 0. The normalized spacial score (nSPS) is 12.3. The number of hydrogen-bond donors (Lipinski definition) is 1. The molecule has 2 aromatic rings. The van der Waals surface area contributed by atoms with E-state index in [1.165, 1.54) is 11.6 Å². The highest BCUT2D eigenvalue weighted by Gasteiger charge is 2.13. The summed E-state index contributed by atoms with van der Waals surface area (Å²) in [5.41, 5.74) is 5.33. The Balaban J connectivity index is 0.00000242. The van der Waals surface area contributed by atoms with E-state index < -0.39 is 0 Å². The number of benzene rings is 1. The van der Waals surface area contributed by atoms with Crippen LogP contribution in [0.3, 0.4) is 0 Å². The lowest BCUT2D eigenvalue weighted by Gasteiger charge is -2.19. The van der Waals surface area contributed by atoms with Crippen LogP contribution < -0.4 is 5.32 Å². The molecule has 1 aromatic carbocycles. The molecule has 0 saturated carbocycles. The molecular formula is C17H24FN3. The highest BCUT2D eigenvalue weighted by atomic mass is 19.1. The van der Waals surface area contributed by atoms with E-state index in [0.29, 0.717) is 0 Å². The van der Waals surface area contributed by atoms with Gasteiger partial charge in [0, 0.05) is 1.43 Å². The van der Waals surface area contributed by atoms with Crippen LogP contribution in [-0.2, 0) is 6.42 Å². The molecule has 1 heterocycles. The third-order valence-corrected chi connectivity index (χ3v) is 4.01. The monoisotopic (exact) mass is 289 g/mol. The summed E-state index contributed by atoms with van der Waals surface area (Å²) in [4.78, 5) is 0. The second-order valence-electron chi connectivity index (χ2n) is 5.47. The molecule has 2 rings (SSSR count). The molecule has 1 atom stereocenters. The summed E-state index contributed by atoms with van der Waals surface area (Å²) in [7, 11) is 0. The van der Waals surface area contributed by atoms with Gasteiger partial charge in [0.25, 0.3) is 0 Å². The molecule has 0 saturated heterocycles. The van der Waals surface area contributed by atoms with Crippen molar-refractivity contribution in [2.24, 2.45) is 0 Å². The van der Waals surface area contributed by atoms with Gasteiger partial charge in [-0.2, -0.15) is 5.10 Å². The number of halogens is 1. The van der Waals surface area contributed by atoms with E-state index in [4.69, 9.17) is 0 Å². The number of anilines is 1. The second-order valence-corrected chi connectivity index (χ2v) is 5.47. The molecule has 114 valence electrons. The van der Waals surface area contributed by atoms with E-state index in [9.17, 15) is 4.39 Å². The summed E-state index contributed by atoms with van der Waals surface area (Å²) in [6, 6.07) is 4.91. The molecule has 1 aromatic heterocycles. The van der Waals surface area contributed by atoms with Crippen molar-refractivity contribution in [3.63, 3.8) is 0 Å². The Morgan fingerprint density at radius 1 is 1.19 bits per heavy atom. The van der Waals surface area contributed by atoms with Crippen molar-refractivity contribution in [1.29, 1.82) is 0 Å². The molecule has 0 aliphatic heterocycles. The van der Waals surface area contributed by atoms with Gasteiger partial charge in [-0.05, 0) is 68.5 Å². The van der Waals surface area contributed by atoms with Crippen molar-refractivity contribution in [1.82, 2.24) is 10.2 Å². The fourth-order valence-electron chi connectivity index (χ4n) is 2.54. The van der Waals surface area contributed by atoms with E-state index in [2.05, 4.69) is 36.3 Å². The Bertz CT molecular complexity index is 659. The highest BCUT2D eigenvalue weighted by Crippen LogP contribution is 2.25. The fraction of sp³-hybridized carbons (Fsp3) is 0.412. The van der Waals surface area contributed by atoms with Crippen LogP contribution in [0.1, 0.15) is 49.3 Å². The van der Waals surface area contributed by atoms with E-state index in [1.807, 2.05) is 19.9 Å². The van der Waals surface area contributed by atoms with Gasteiger partial charge in [-0.1, -0.05) is 13.0 Å². The largest absolute Gasteiger partial charge is 0.362 e. The van der Waals surface area contributed by atoms with Crippen molar-refractivity contribution in [3.05, 3.63) is 52.0 Å².